The highest BCUT2D eigenvalue weighted by molar-refractivity contribution is 7.17. The van der Waals surface area contributed by atoms with Crippen molar-refractivity contribution in [2.24, 2.45) is 0 Å². The van der Waals surface area contributed by atoms with Gasteiger partial charge >= 0.3 is 5.97 Å². The SMILES string of the molecule is CN(C)CCCn1c(-c2ccccn2)nc2scc(C(=O)O)c2c1=O. The summed E-state index contributed by atoms with van der Waals surface area (Å²) < 4.78 is 1.54. The van der Waals surface area contributed by atoms with E-state index in [4.69, 9.17) is 0 Å². The molecule has 0 amide bonds. The van der Waals surface area contributed by atoms with E-state index in [2.05, 4.69) is 9.97 Å². The summed E-state index contributed by atoms with van der Waals surface area (Å²) >= 11 is 1.16. The maximum atomic E-state index is 13.0. The summed E-state index contributed by atoms with van der Waals surface area (Å²) in [5.41, 5.74) is 0.270. The minimum absolute atomic E-state index is 0.00595. The fourth-order valence-corrected chi connectivity index (χ4v) is 3.53. The normalized spacial score (nSPS) is 11.3. The quantitative estimate of drug-likeness (QED) is 0.726. The fourth-order valence-electron chi connectivity index (χ4n) is 2.62. The van der Waals surface area contributed by atoms with Gasteiger partial charge in [0.1, 0.15) is 10.5 Å². The third kappa shape index (κ3) is 3.45. The van der Waals surface area contributed by atoms with E-state index in [0.717, 1.165) is 24.3 Å². The smallest absolute Gasteiger partial charge is 0.337 e. The summed E-state index contributed by atoms with van der Waals surface area (Å²) in [4.78, 5) is 35.7. The van der Waals surface area contributed by atoms with E-state index in [1.165, 1.54) is 9.95 Å². The Morgan fingerprint density at radius 2 is 2.16 bits per heavy atom. The van der Waals surface area contributed by atoms with Crippen LogP contribution in [-0.2, 0) is 6.54 Å². The molecule has 0 aromatic carbocycles. The van der Waals surface area contributed by atoms with Crippen LogP contribution in [0.4, 0.5) is 0 Å². The number of carbonyl (C=O) groups is 1. The van der Waals surface area contributed by atoms with Gasteiger partial charge in [0.25, 0.3) is 5.56 Å². The Morgan fingerprint density at radius 3 is 2.80 bits per heavy atom. The highest BCUT2D eigenvalue weighted by Crippen LogP contribution is 2.24. The van der Waals surface area contributed by atoms with Crippen LogP contribution >= 0.6 is 11.3 Å². The molecule has 0 aliphatic rings. The highest BCUT2D eigenvalue weighted by Gasteiger charge is 2.20. The molecule has 3 aromatic heterocycles. The number of fused-ring (bicyclic) bond motifs is 1. The molecule has 3 rings (SSSR count). The second-order valence-corrected chi connectivity index (χ2v) is 6.76. The number of carboxylic acids is 1. The third-order valence-electron chi connectivity index (χ3n) is 3.81. The van der Waals surface area contributed by atoms with Gasteiger partial charge in [-0.2, -0.15) is 0 Å². The Bertz CT molecular complexity index is 963. The Labute approximate surface area is 148 Å². The van der Waals surface area contributed by atoms with Crippen LogP contribution in [0, 0.1) is 0 Å². The van der Waals surface area contributed by atoms with Crippen LogP contribution in [0.1, 0.15) is 16.8 Å². The zero-order chi connectivity index (χ0) is 18.0. The van der Waals surface area contributed by atoms with E-state index in [0.29, 0.717) is 22.9 Å². The van der Waals surface area contributed by atoms with Crippen LogP contribution in [-0.4, -0.2) is 51.2 Å². The molecule has 25 heavy (non-hydrogen) atoms. The van der Waals surface area contributed by atoms with Gasteiger partial charge in [-0.25, -0.2) is 9.78 Å². The molecule has 0 spiro atoms. The summed E-state index contributed by atoms with van der Waals surface area (Å²) in [6.07, 6.45) is 2.39. The maximum Gasteiger partial charge on any atom is 0.337 e. The zero-order valence-corrected chi connectivity index (χ0v) is 14.8. The lowest BCUT2D eigenvalue weighted by atomic mass is 10.2. The Hall–Kier alpha value is -2.58. The average molecular weight is 358 g/mol. The van der Waals surface area contributed by atoms with Gasteiger partial charge in [0.2, 0.25) is 0 Å². The minimum Gasteiger partial charge on any atom is -0.478 e. The second-order valence-electron chi connectivity index (χ2n) is 5.90. The standard InChI is InChI=1S/C17H18N4O3S/c1-20(2)8-5-9-21-14(12-6-3-4-7-18-12)19-15-13(16(21)22)11(10-25-15)17(23)24/h3-4,6-7,10H,5,8-9H2,1-2H3,(H,23,24). The summed E-state index contributed by atoms with van der Waals surface area (Å²) in [7, 11) is 3.93. The molecule has 0 fully saturated rings. The first kappa shape index (κ1) is 17.2. The van der Waals surface area contributed by atoms with Crippen molar-refractivity contribution in [3.8, 4) is 11.5 Å². The van der Waals surface area contributed by atoms with Crippen molar-refractivity contribution < 1.29 is 9.90 Å². The van der Waals surface area contributed by atoms with Gasteiger partial charge in [-0.15, -0.1) is 11.3 Å². The van der Waals surface area contributed by atoms with Crippen LogP contribution in [0.2, 0.25) is 0 Å². The van der Waals surface area contributed by atoms with E-state index < -0.39 is 5.97 Å². The van der Waals surface area contributed by atoms with Gasteiger partial charge in [-0.3, -0.25) is 14.3 Å². The average Bonchev–Trinajstić information content (AvgIpc) is 3.01. The Morgan fingerprint density at radius 1 is 1.36 bits per heavy atom. The molecule has 0 aliphatic heterocycles. The first-order valence-corrected chi connectivity index (χ1v) is 8.68. The molecule has 1 N–H and O–H groups in total. The summed E-state index contributed by atoms with van der Waals surface area (Å²) in [5, 5.41) is 11.0. The van der Waals surface area contributed by atoms with E-state index in [-0.39, 0.29) is 16.5 Å². The van der Waals surface area contributed by atoms with E-state index >= 15 is 0 Å². The molecule has 0 unspecified atom stereocenters. The highest BCUT2D eigenvalue weighted by atomic mass is 32.1. The van der Waals surface area contributed by atoms with Crippen molar-refractivity contribution >= 4 is 27.5 Å². The monoisotopic (exact) mass is 358 g/mol. The molecule has 0 saturated carbocycles. The second kappa shape index (κ2) is 7.12. The molecule has 7 nitrogen and oxygen atoms in total. The van der Waals surface area contributed by atoms with Gasteiger partial charge in [-0.05, 0) is 39.2 Å². The summed E-state index contributed by atoms with van der Waals surface area (Å²) in [5.74, 6) is -0.647. The molecule has 3 heterocycles. The molecule has 0 atom stereocenters. The number of carboxylic acid groups (broad SMARTS) is 1. The lowest BCUT2D eigenvalue weighted by molar-refractivity contribution is 0.0699. The summed E-state index contributed by atoms with van der Waals surface area (Å²) in [6, 6.07) is 5.42. The number of hydrogen-bond donors (Lipinski definition) is 1. The number of aromatic carboxylic acids is 1. The fraction of sp³-hybridized carbons (Fsp3) is 0.294. The van der Waals surface area contributed by atoms with Crippen molar-refractivity contribution in [3.63, 3.8) is 0 Å². The largest absolute Gasteiger partial charge is 0.478 e. The zero-order valence-electron chi connectivity index (χ0n) is 14.0. The number of nitrogens with zero attached hydrogens (tertiary/aromatic N) is 4. The lowest BCUT2D eigenvalue weighted by Crippen LogP contribution is -2.26. The molecule has 130 valence electrons. The van der Waals surface area contributed by atoms with E-state index in [9.17, 15) is 14.7 Å². The van der Waals surface area contributed by atoms with Crippen molar-refractivity contribution in [1.29, 1.82) is 0 Å². The van der Waals surface area contributed by atoms with Gasteiger partial charge in [0.05, 0.1) is 10.9 Å². The Balaban J connectivity index is 2.19. The van der Waals surface area contributed by atoms with Crippen LogP contribution < -0.4 is 5.56 Å². The molecular formula is C17H18N4O3S. The predicted molar refractivity (Wildman–Crippen MR) is 97.2 cm³/mol. The predicted octanol–water partition coefficient (Wildman–Crippen LogP) is 2.17. The number of pyridine rings is 1. The van der Waals surface area contributed by atoms with Crippen molar-refractivity contribution in [1.82, 2.24) is 19.4 Å². The van der Waals surface area contributed by atoms with Crippen molar-refractivity contribution in [3.05, 3.63) is 45.7 Å². The first-order chi connectivity index (χ1) is 12.0. The molecule has 0 bridgehead atoms. The summed E-state index contributed by atoms with van der Waals surface area (Å²) in [6.45, 7) is 1.25. The van der Waals surface area contributed by atoms with Gasteiger partial charge in [0.15, 0.2) is 5.82 Å². The number of rotatable bonds is 6. The lowest BCUT2D eigenvalue weighted by Gasteiger charge is -2.14. The van der Waals surface area contributed by atoms with E-state index in [1.807, 2.05) is 25.1 Å². The van der Waals surface area contributed by atoms with Crippen molar-refractivity contribution in [2.75, 3.05) is 20.6 Å². The number of aromatic nitrogens is 3. The maximum absolute atomic E-state index is 13.0. The van der Waals surface area contributed by atoms with Gasteiger partial charge < -0.3 is 10.0 Å². The van der Waals surface area contributed by atoms with Crippen LogP contribution in [0.5, 0.6) is 0 Å². The molecule has 3 aromatic rings. The molecule has 0 aliphatic carbocycles. The van der Waals surface area contributed by atoms with E-state index in [1.54, 1.807) is 18.3 Å². The van der Waals surface area contributed by atoms with Crippen LogP contribution in [0.15, 0.2) is 34.6 Å². The molecule has 0 radical (unpaired) electrons. The van der Waals surface area contributed by atoms with Gasteiger partial charge in [-0.1, -0.05) is 6.07 Å². The van der Waals surface area contributed by atoms with Gasteiger partial charge in [0, 0.05) is 18.1 Å². The number of thiophene rings is 1. The molecule has 0 saturated heterocycles. The Kier molecular flexibility index (Phi) is 4.91. The third-order valence-corrected chi connectivity index (χ3v) is 4.68. The van der Waals surface area contributed by atoms with Crippen molar-refractivity contribution in [2.45, 2.75) is 13.0 Å². The molecule has 8 heteroatoms. The van der Waals surface area contributed by atoms with Crippen LogP contribution in [0.25, 0.3) is 21.7 Å². The number of hydrogen-bond acceptors (Lipinski definition) is 6. The first-order valence-electron chi connectivity index (χ1n) is 7.80. The van der Waals surface area contributed by atoms with Crippen LogP contribution in [0.3, 0.4) is 0 Å². The minimum atomic E-state index is -1.12. The topological polar surface area (TPSA) is 88.3 Å². The molecular weight excluding hydrogens is 340 g/mol.